The summed E-state index contributed by atoms with van der Waals surface area (Å²) < 4.78 is 0. The number of aromatic amines is 1. The zero-order valence-electron chi connectivity index (χ0n) is 10.7. The van der Waals surface area contributed by atoms with Gasteiger partial charge in [0, 0.05) is 11.8 Å². The molecule has 0 fully saturated rings. The lowest BCUT2D eigenvalue weighted by molar-refractivity contribution is 0.912. The van der Waals surface area contributed by atoms with Crippen LogP contribution in [0.15, 0.2) is 34.2 Å². The highest BCUT2D eigenvalue weighted by atomic mass is 32.2. The fourth-order valence-corrected chi connectivity index (χ4v) is 2.79. The van der Waals surface area contributed by atoms with Gasteiger partial charge in [-0.15, -0.1) is 0 Å². The number of fused-ring (bicyclic) bond motifs is 1. The minimum Gasteiger partial charge on any atom is -0.340 e. The molecule has 4 nitrogen and oxygen atoms in total. The first-order valence-electron chi connectivity index (χ1n) is 6.29. The van der Waals surface area contributed by atoms with Crippen LogP contribution in [0.2, 0.25) is 0 Å². The van der Waals surface area contributed by atoms with E-state index in [1.165, 1.54) is 41.8 Å². The van der Waals surface area contributed by atoms with Gasteiger partial charge >= 0.3 is 0 Å². The van der Waals surface area contributed by atoms with Crippen LogP contribution in [0.5, 0.6) is 0 Å². The second-order valence-electron chi connectivity index (χ2n) is 4.60. The first-order valence-corrected chi connectivity index (χ1v) is 7.51. The van der Waals surface area contributed by atoms with Gasteiger partial charge in [-0.3, -0.25) is 4.79 Å². The highest BCUT2D eigenvalue weighted by molar-refractivity contribution is 7.98. The predicted octanol–water partition coefficient (Wildman–Crippen LogP) is 2.72. The lowest BCUT2D eigenvalue weighted by atomic mass is 10.1. The summed E-state index contributed by atoms with van der Waals surface area (Å²) in [5, 5.41) is 3.83. The van der Waals surface area contributed by atoms with Crippen molar-refractivity contribution in [3.8, 4) is 0 Å². The molecule has 0 unspecified atom stereocenters. The Morgan fingerprint density at radius 3 is 2.95 bits per heavy atom. The highest BCUT2D eigenvalue weighted by Gasteiger charge is 2.11. The molecule has 2 aromatic rings. The van der Waals surface area contributed by atoms with Gasteiger partial charge in [0.15, 0.2) is 5.16 Å². The number of benzene rings is 1. The van der Waals surface area contributed by atoms with Gasteiger partial charge in [0.05, 0.1) is 0 Å². The van der Waals surface area contributed by atoms with E-state index < -0.39 is 0 Å². The highest BCUT2D eigenvalue weighted by Crippen LogP contribution is 2.26. The van der Waals surface area contributed by atoms with Gasteiger partial charge in [-0.05, 0) is 48.8 Å². The Kier molecular flexibility index (Phi) is 3.29. The minimum absolute atomic E-state index is 0.136. The first kappa shape index (κ1) is 12.3. The summed E-state index contributed by atoms with van der Waals surface area (Å²) in [6, 6.07) is 7.84. The van der Waals surface area contributed by atoms with Crippen molar-refractivity contribution in [2.45, 2.75) is 24.4 Å². The van der Waals surface area contributed by atoms with Crippen LogP contribution in [0.4, 0.5) is 11.5 Å². The number of hydrogen-bond donors (Lipinski definition) is 2. The van der Waals surface area contributed by atoms with Crippen LogP contribution < -0.4 is 10.9 Å². The first-order chi connectivity index (χ1) is 9.24. The van der Waals surface area contributed by atoms with Gasteiger partial charge in [-0.2, -0.15) is 0 Å². The molecule has 0 radical (unpaired) electrons. The molecule has 0 amide bonds. The zero-order valence-corrected chi connectivity index (χ0v) is 11.5. The molecule has 1 aromatic heterocycles. The van der Waals surface area contributed by atoms with Crippen LogP contribution in [-0.2, 0) is 12.8 Å². The predicted molar refractivity (Wildman–Crippen MR) is 78.4 cm³/mol. The van der Waals surface area contributed by atoms with Crippen LogP contribution in [0.25, 0.3) is 0 Å². The number of hydrogen-bond acceptors (Lipinski definition) is 4. The Labute approximate surface area is 115 Å². The molecule has 98 valence electrons. The van der Waals surface area contributed by atoms with E-state index in [1.54, 1.807) is 0 Å². The van der Waals surface area contributed by atoms with Gasteiger partial charge in [-0.25, -0.2) is 4.98 Å². The molecule has 2 N–H and O–H groups in total. The minimum atomic E-state index is -0.136. The summed E-state index contributed by atoms with van der Waals surface area (Å²) in [5.41, 5.74) is 3.70. The number of aryl methyl sites for hydroxylation is 2. The molecule has 19 heavy (non-hydrogen) atoms. The van der Waals surface area contributed by atoms with E-state index in [1.807, 2.05) is 12.3 Å². The van der Waals surface area contributed by atoms with Crippen molar-refractivity contribution in [2.24, 2.45) is 0 Å². The smallest absolute Gasteiger partial charge is 0.253 e. The molecule has 1 aliphatic rings. The van der Waals surface area contributed by atoms with Crippen molar-refractivity contribution in [3.63, 3.8) is 0 Å². The molecular weight excluding hydrogens is 258 g/mol. The Bertz CT molecular complexity index is 666. The molecule has 5 heteroatoms. The van der Waals surface area contributed by atoms with Crippen LogP contribution in [-0.4, -0.2) is 16.2 Å². The SMILES string of the molecule is CSc1nc(Nc2ccc3c(c2)CCC3)cc(=O)[nH]1. The fraction of sp³-hybridized carbons (Fsp3) is 0.286. The van der Waals surface area contributed by atoms with Gasteiger partial charge in [0.25, 0.3) is 5.56 Å². The third-order valence-corrected chi connectivity index (χ3v) is 3.86. The normalized spacial score (nSPS) is 13.3. The summed E-state index contributed by atoms with van der Waals surface area (Å²) in [6.45, 7) is 0. The van der Waals surface area contributed by atoms with E-state index in [9.17, 15) is 4.79 Å². The van der Waals surface area contributed by atoms with E-state index in [2.05, 4.69) is 27.4 Å². The monoisotopic (exact) mass is 273 g/mol. The van der Waals surface area contributed by atoms with E-state index in [0.29, 0.717) is 11.0 Å². The van der Waals surface area contributed by atoms with Gasteiger partial charge in [0.1, 0.15) is 5.82 Å². The van der Waals surface area contributed by atoms with E-state index in [0.717, 1.165) is 12.1 Å². The Morgan fingerprint density at radius 2 is 2.11 bits per heavy atom. The molecule has 1 aliphatic carbocycles. The third-order valence-electron chi connectivity index (χ3n) is 3.28. The number of H-pyrrole nitrogens is 1. The van der Waals surface area contributed by atoms with E-state index in [4.69, 9.17) is 0 Å². The lowest BCUT2D eigenvalue weighted by Gasteiger charge is -2.08. The van der Waals surface area contributed by atoms with Crippen LogP contribution in [0, 0.1) is 0 Å². The van der Waals surface area contributed by atoms with Crippen molar-refractivity contribution in [2.75, 3.05) is 11.6 Å². The summed E-state index contributed by atoms with van der Waals surface area (Å²) in [4.78, 5) is 18.5. The zero-order chi connectivity index (χ0) is 13.2. The maximum atomic E-state index is 11.5. The third kappa shape index (κ3) is 2.66. The lowest BCUT2D eigenvalue weighted by Crippen LogP contribution is -2.09. The average molecular weight is 273 g/mol. The number of rotatable bonds is 3. The maximum Gasteiger partial charge on any atom is 0.253 e. The molecule has 0 aliphatic heterocycles. The molecule has 0 saturated heterocycles. The summed E-state index contributed by atoms with van der Waals surface area (Å²) >= 11 is 1.42. The second-order valence-corrected chi connectivity index (χ2v) is 5.40. The van der Waals surface area contributed by atoms with Crippen LogP contribution in [0.1, 0.15) is 17.5 Å². The molecule has 0 bridgehead atoms. The molecule has 0 atom stereocenters. The van der Waals surface area contributed by atoms with Crippen LogP contribution >= 0.6 is 11.8 Å². The summed E-state index contributed by atoms with van der Waals surface area (Å²) in [5.74, 6) is 0.589. The molecule has 3 rings (SSSR count). The van der Waals surface area contributed by atoms with E-state index >= 15 is 0 Å². The van der Waals surface area contributed by atoms with Crippen molar-refractivity contribution < 1.29 is 0 Å². The Balaban J connectivity index is 1.89. The number of thioether (sulfide) groups is 1. The van der Waals surface area contributed by atoms with Gasteiger partial charge in [0.2, 0.25) is 0 Å². The molecule has 0 spiro atoms. The molecule has 1 aromatic carbocycles. The van der Waals surface area contributed by atoms with E-state index in [-0.39, 0.29) is 5.56 Å². The van der Waals surface area contributed by atoms with Crippen molar-refractivity contribution in [1.82, 2.24) is 9.97 Å². The number of aromatic nitrogens is 2. The Morgan fingerprint density at radius 1 is 1.26 bits per heavy atom. The van der Waals surface area contributed by atoms with Gasteiger partial charge < -0.3 is 10.3 Å². The fourth-order valence-electron chi connectivity index (χ4n) is 2.39. The van der Waals surface area contributed by atoms with Gasteiger partial charge in [-0.1, -0.05) is 17.8 Å². The quantitative estimate of drug-likeness (QED) is 0.667. The average Bonchev–Trinajstić information content (AvgIpc) is 2.85. The second kappa shape index (κ2) is 5.09. The number of anilines is 2. The topological polar surface area (TPSA) is 57.8 Å². The molecule has 1 heterocycles. The summed E-state index contributed by atoms with van der Waals surface area (Å²) in [7, 11) is 0. The van der Waals surface area contributed by atoms with Crippen LogP contribution in [0.3, 0.4) is 0 Å². The Hall–Kier alpha value is -1.75. The largest absolute Gasteiger partial charge is 0.340 e. The summed E-state index contributed by atoms with van der Waals surface area (Å²) in [6.07, 6.45) is 5.44. The maximum absolute atomic E-state index is 11.5. The van der Waals surface area contributed by atoms with Crippen molar-refractivity contribution in [3.05, 3.63) is 45.7 Å². The standard InChI is InChI=1S/C14H15N3OS/c1-19-14-16-12(8-13(18)17-14)15-11-6-5-9-3-2-4-10(9)7-11/h5-8H,2-4H2,1H3,(H2,15,16,17,18). The number of nitrogens with zero attached hydrogens (tertiary/aromatic N) is 1. The molecular formula is C14H15N3OS. The number of nitrogens with one attached hydrogen (secondary N) is 2. The molecule has 0 saturated carbocycles. The van der Waals surface area contributed by atoms with Crippen molar-refractivity contribution in [1.29, 1.82) is 0 Å². The van der Waals surface area contributed by atoms with Crippen molar-refractivity contribution >= 4 is 23.3 Å².